The van der Waals surface area contributed by atoms with Gasteiger partial charge in [0.25, 0.3) is 5.56 Å². The Morgan fingerprint density at radius 1 is 1.10 bits per heavy atom. The highest BCUT2D eigenvalue weighted by Gasteiger charge is 2.22. The summed E-state index contributed by atoms with van der Waals surface area (Å²) in [5.41, 5.74) is 8.86. The molecule has 0 atom stereocenters. The third-order valence-electron chi connectivity index (χ3n) is 6.10. The molecule has 2 fully saturated rings. The summed E-state index contributed by atoms with van der Waals surface area (Å²) in [5.74, 6) is 0.480. The molecule has 1 saturated carbocycles. The second kappa shape index (κ2) is 7.95. The van der Waals surface area contributed by atoms with Gasteiger partial charge in [-0.15, -0.1) is 0 Å². The van der Waals surface area contributed by atoms with Crippen LogP contribution in [0.25, 0.3) is 11.0 Å². The normalized spacial score (nSPS) is 17.5. The number of nitrogens with two attached hydrogens (primary N) is 1. The van der Waals surface area contributed by atoms with E-state index < -0.39 is 0 Å². The standard InChI is InChI=1S/C22H27N7O/c23-19-13-15-14-25-22(27-20(15)29(21(19)30)18-3-1-2-4-18)26-16-5-7-17(8-6-16)28-11-9-24-10-12-28/h5-8,13-14,18,24H,1-4,9-12,23H2,(H,25,26,27). The smallest absolute Gasteiger partial charge is 0.275 e. The van der Waals surface area contributed by atoms with E-state index in [1.165, 1.54) is 5.69 Å². The van der Waals surface area contributed by atoms with Crippen LogP contribution in [0.1, 0.15) is 31.7 Å². The molecule has 5 rings (SSSR count). The first kappa shape index (κ1) is 18.9. The number of benzene rings is 1. The summed E-state index contributed by atoms with van der Waals surface area (Å²) in [6, 6.07) is 10.1. The number of hydrogen-bond donors (Lipinski definition) is 3. The average molecular weight is 406 g/mol. The predicted octanol–water partition coefficient (Wildman–Crippen LogP) is 2.64. The number of fused-ring (bicyclic) bond motifs is 1. The monoisotopic (exact) mass is 405 g/mol. The molecule has 0 spiro atoms. The molecule has 2 aliphatic rings. The van der Waals surface area contributed by atoms with E-state index in [4.69, 9.17) is 10.7 Å². The summed E-state index contributed by atoms with van der Waals surface area (Å²) in [6.45, 7) is 4.06. The minimum absolute atomic E-state index is 0.153. The SMILES string of the molecule is Nc1cc2cnc(Nc3ccc(N4CCNCC4)cc3)nc2n(C2CCCC2)c1=O. The number of aromatic nitrogens is 3. The largest absolute Gasteiger partial charge is 0.394 e. The zero-order valence-electron chi connectivity index (χ0n) is 17.0. The van der Waals surface area contributed by atoms with Gasteiger partial charge < -0.3 is 21.3 Å². The molecule has 3 heterocycles. The summed E-state index contributed by atoms with van der Waals surface area (Å²) in [4.78, 5) is 24.3. The van der Waals surface area contributed by atoms with Crippen molar-refractivity contribution in [2.45, 2.75) is 31.7 Å². The van der Waals surface area contributed by atoms with Crippen LogP contribution in [0.2, 0.25) is 0 Å². The molecular formula is C22H27N7O. The second-order valence-electron chi connectivity index (χ2n) is 8.09. The Hall–Kier alpha value is -3.13. The van der Waals surface area contributed by atoms with E-state index in [0.29, 0.717) is 11.6 Å². The van der Waals surface area contributed by atoms with Crippen molar-refractivity contribution >= 4 is 34.0 Å². The van der Waals surface area contributed by atoms with Gasteiger partial charge in [0, 0.05) is 55.2 Å². The van der Waals surface area contributed by atoms with Crippen LogP contribution in [-0.4, -0.2) is 40.7 Å². The van der Waals surface area contributed by atoms with Crippen molar-refractivity contribution in [1.29, 1.82) is 0 Å². The van der Waals surface area contributed by atoms with E-state index in [0.717, 1.165) is 62.9 Å². The maximum absolute atomic E-state index is 12.8. The van der Waals surface area contributed by atoms with Crippen LogP contribution < -0.4 is 26.8 Å². The lowest BCUT2D eigenvalue weighted by Gasteiger charge is -2.29. The van der Waals surface area contributed by atoms with Gasteiger partial charge in [-0.3, -0.25) is 9.36 Å². The van der Waals surface area contributed by atoms with Crippen LogP contribution in [-0.2, 0) is 0 Å². The molecule has 1 aliphatic heterocycles. The molecule has 0 unspecified atom stereocenters. The number of pyridine rings is 1. The Labute approximate surface area is 175 Å². The molecule has 0 radical (unpaired) electrons. The van der Waals surface area contributed by atoms with Gasteiger partial charge in [0.1, 0.15) is 5.65 Å². The maximum atomic E-state index is 12.8. The van der Waals surface area contributed by atoms with Crippen molar-refractivity contribution in [2.75, 3.05) is 42.1 Å². The highest BCUT2D eigenvalue weighted by molar-refractivity contribution is 5.79. The zero-order chi connectivity index (χ0) is 20.5. The lowest BCUT2D eigenvalue weighted by molar-refractivity contribution is 0.517. The topological polar surface area (TPSA) is 101 Å². The Morgan fingerprint density at radius 3 is 2.57 bits per heavy atom. The number of piperazine rings is 1. The van der Waals surface area contributed by atoms with E-state index in [-0.39, 0.29) is 17.3 Å². The fourth-order valence-electron chi connectivity index (χ4n) is 4.51. The number of nitrogens with zero attached hydrogens (tertiary/aromatic N) is 4. The van der Waals surface area contributed by atoms with Crippen LogP contribution in [0.15, 0.2) is 41.3 Å². The van der Waals surface area contributed by atoms with Gasteiger partial charge in [0.15, 0.2) is 0 Å². The predicted molar refractivity (Wildman–Crippen MR) is 121 cm³/mol. The minimum atomic E-state index is -0.153. The molecule has 0 bridgehead atoms. The van der Waals surface area contributed by atoms with E-state index in [2.05, 4.69) is 32.7 Å². The van der Waals surface area contributed by atoms with Crippen molar-refractivity contribution in [2.24, 2.45) is 0 Å². The molecular weight excluding hydrogens is 378 g/mol. The van der Waals surface area contributed by atoms with Crippen LogP contribution in [0, 0.1) is 0 Å². The maximum Gasteiger partial charge on any atom is 0.275 e. The van der Waals surface area contributed by atoms with Gasteiger partial charge in [0.05, 0.1) is 5.69 Å². The molecule has 30 heavy (non-hydrogen) atoms. The average Bonchev–Trinajstić information content (AvgIpc) is 3.30. The Kier molecular flexibility index (Phi) is 5.00. The zero-order valence-corrected chi connectivity index (χ0v) is 17.0. The Morgan fingerprint density at radius 2 is 1.83 bits per heavy atom. The summed E-state index contributed by atoms with van der Waals surface area (Å²) in [5, 5.41) is 7.44. The molecule has 1 saturated heterocycles. The fourth-order valence-corrected chi connectivity index (χ4v) is 4.51. The third kappa shape index (κ3) is 3.59. The molecule has 8 heteroatoms. The summed E-state index contributed by atoms with van der Waals surface area (Å²) >= 11 is 0. The lowest BCUT2D eigenvalue weighted by atomic mass is 10.2. The lowest BCUT2D eigenvalue weighted by Crippen LogP contribution is -2.43. The van der Waals surface area contributed by atoms with Crippen molar-refractivity contribution in [1.82, 2.24) is 19.9 Å². The number of hydrogen-bond acceptors (Lipinski definition) is 7. The molecule has 8 nitrogen and oxygen atoms in total. The van der Waals surface area contributed by atoms with E-state index in [1.807, 2.05) is 12.1 Å². The minimum Gasteiger partial charge on any atom is -0.394 e. The molecule has 1 aromatic carbocycles. The van der Waals surface area contributed by atoms with E-state index in [1.54, 1.807) is 16.8 Å². The van der Waals surface area contributed by atoms with Gasteiger partial charge in [0.2, 0.25) is 5.95 Å². The van der Waals surface area contributed by atoms with Crippen LogP contribution in [0.3, 0.4) is 0 Å². The van der Waals surface area contributed by atoms with Gasteiger partial charge in [-0.25, -0.2) is 4.98 Å². The number of anilines is 4. The summed E-state index contributed by atoms with van der Waals surface area (Å²) < 4.78 is 1.78. The van der Waals surface area contributed by atoms with Gasteiger partial charge in [-0.05, 0) is 43.2 Å². The number of nitrogens with one attached hydrogen (secondary N) is 2. The quantitative estimate of drug-likeness (QED) is 0.613. The summed E-state index contributed by atoms with van der Waals surface area (Å²) in [7, 11) is 0. The molecule has 1 aliphatic carbocycles. The van der Waals surface area contributed by atoms with E-state index >= 15 is 0 Å². The molecule has 4 N–H and O–H groups in total. The number of nitrogen functional groups attached to an aromatic ring is 1. The van der Waals surface area contributed by atoms with Crippen molar-refractivity contribution < 1.29 is 0 Å². The Balaban J connectivity index is 1.44. The first-order valence-electron chi connectivity index (χ1n) is 10.7. The second-order valence-corrected chi connectivity index (χ2v) is 8.09. The first-order valence-corrected chi connectivity index (χ1v) is 10.7. The van der Waals surface area contributed by atoms with Gasteiger partial charge >= 0.3 is 0 Å². The Bertz CT molecular complexity index is 1100. The molecule has 156 valence electrons. The van der Waals surface area contributed by atoms with Crippen molar-refractivity contribution in [3.8, 4) is 0 Å². The van der Waals surface area contributed by atoms with Crippen molar-refractivity contribution in [3.05, 3.63) is 46.9 Å². The molecule has 3 aromatic rings. The highest BCUT2D eigenvalue weighted by Crippen LogP contribution is 2.31. The van der Waals surface area contributed by atoms with Gasteiger partial charge in [-0.1, -0.05) is 12.8 Å². The molecule has 2 aromatic heterocycles. The number of rotatable bonds is 4. The third-order valence-corrected chi connectivity index (χ3v) is 6.10. The fraction of sp³-hybridized carbons (Fsp3) is 0.409. The van der Waals surface area contributed by atoms with Crippen LogP contribution in [0.5, 0.6) is 0 Å². The first-order chi connectivity index (χ1) is 14.7. The molecule has 0 amide bonds. The van der Waals surface area contributed by atoms with Gasteiger partial charge in [-0.2, -0.15) is 4.98 Å². The summed E-state index contributed by atoms with van der Waals surface area (Å²) in [6.07, 6.45) is 5.96. The van der Waals surface area contributed by atoms with Crippen molar-refractivity contribution in [3.63, 3.8) is 0 Å². The van der Waals surface area contributed by atoms with E-state index in [9.17, 15) is 4.79 Å². The van der Waals surface area contributed by atoms with Crippen LogP contribution in [0.4, 0.5) is 23.0 Å². The van der Waals surface area contributed by atoms with Crippen LogP contribution >= 0.6 is 0 Å². The highest BCUT2D eigenvalue weighted by atomic mass is 16.1.